The van der Waals surface area contributed by atoms with Gasteiger partial charge in [-0.1, -0.05) is 0 Å². The fraction of sp³-hybridized carbons (Fsp3) is 0.417. The molecule has 0 saturated heterocycles. The zero-order valence-corrected chi connectivity index (χ0v) is 10.8. The highest BCUT2D eigenvalue weighted by molar-refractivity contribution is 5.96. The number of carbonyl (C=O) groups is 2. The second-order valence-electron chi connectivity index (χ2n) is 4.95. The van der Waals surface area contributed by atoms with E-state index < -0.39 is 0 Å². The summed E-state index contributed by atoms with van der Waals surface area (Å²) in [7, 11) is 0. The number of nitrogens with zero attached hydrogens (tertiary/aromatic N) is 1. The van der Waals surface area contributed by atoms with E-state index in [1.165, 1.54) is 12.3 Å². The highest BCUT2D eigenvalue weighted by atomic mass is 16.2. The summed E-state index contributed by atoms with van der Waals surface area (Å²) in [6.45, 7) is 5.55. The topological polar surface area (TPSA) is 97.1 Å². The molecule has 6 heteroatoms. The molecule has 0 aliphatic rings. The van der Waals surface area contributed by atoms with Crippen molar-refractivity contribution in [1.82, 2.24) is 15.6 Å². The van der Waals surface area contributed by atoms with Crippen molar-refractivity contribution < 1.29 is 9.59 Å². The number of carbonyl (C=O) groups excluding carboxylic acids is 2. The van der Waals surface area contributed by atoms with E-state index in [1.54, 1.807) is 6.07 Å². The number of nitrogens with two attached hydrogens (primary N) is 1. The zero-order chi connectivity index (χ0) is 13.8. The molecule has 0 aliphatic heterocycles. The number of amides is 2. The molecule has 98 valence electrons. The molecule has 0 aliphatic carbocycles. The molecule has 4 N–H and O–H groups in total. The number of aromatic nitrogens is 1. The lowest BCUT2D eigenvalue weighted by Crippen LogP contribution is -2.45. The molecular formula is C12H18N4O2. The van der Waals surface area contributed by atoms with E-state index in [-0.39, 0.29) is 23.9 Å². The second-order valence-corrected chi connectivity index (χ2v) is 4.95. The molecule has 2 amide bonds. The van der Waals surface area contributed by atoms with Crippen molar-refractivity contribution in [2.45, 2.75) is 26.3 Å². The van der Waals surface area contributed by atoms with Gasteiger partial charge in [0.15, 0.2) is 0 Å². The lowest BCUT2D eigenvalue weighted by Gasteiger charge is -2.20. The predicted molar refractivity (Wildman–Crippen MR) is 68.9 cm³/mol. The Morgan fingerprint density at radius 1 is 1.33 bits per heavy atom. The largest absolute Gasteiger partial charge is 0.384 e. The van der Waals surface area contributed by atoms with Gasteiger partial charge in [0.05, 0.1) is 12.1 Å². The summed E-state index contributed by atoms with van der Waals surface area (Å²) in [5.74, 6) is -0.247. The van der Waals surface area contributed by atoms with Gasteiger partial charge in [-0.25, -0.2) is 4.98 Å². The molecule has 0 fully saturated rings. The zero-order valence-electron chi connectivity index (χ0n) is 10.8. The molecule has 0 atom stereocenters. The first-order valence-electron chi connectivity index (χ1n) is 5.59. The van der Waals surface area contributed by atoms with Crippen molar-refractivity contribution >= 4 is 17.6 Å². The number of rotatable bonds is 3. The van der Waals surface area contributed by atoms with E-state index in [1.807, 2.05) is 20.8 Å². The average Bonchev–Trinajstić information content (AvgIpc) is 2.24. The van der Waals surface area contributed by atoms with Gasteiger partial charge in [-0.05, 0) is 32.9 Å². The highest BCUT2D eigenvalue weighted by Crippen LogP contribution is 2.01. The predicted octanol–water partition coefficient (Wildman–Crippen LogP) is 0.308. The molecule has 1 aromatic heterocycles. The first kappa shape index (κ1) is 14.0. The molecule has 1 heterocycles. The quantitative estimate of drug-likeness (QED) is 0.719. The molecule has 18 heavy (non-hydrogen) atoms. The third kappa shape index (κ3) is 4.82. The van der Waals surface area contributed by atoms with Gasteiger partial charge in [0.2, 0.25) is 5.91 Å². The smallest absolute Gasteiger partial charge is 0.253 e. The molecular weight excluding hydrogens is 232 g/mol. The van der Waals surface area contributed by atoms with Crippen LogP contribution in [-0.4, -0.2) is 28.9 Å². The second kappa shape index (κ2) is 5.48. The van der Waals surface area contributed by atoms with Crippen LogP contribution >= 0.6 is 0 Å². The minimum absolute atomic E-state index is 0.0690. The van der Waals surface area contributed by atoms with Gasteiger partial charge in [0, 0.05) is 11.7 Å². The van der Waals surface area contributed by atoms with Crippen LogP contribution in [0.2, 0.25) is 0 Å². The molecule has 1 rings (SSSR count). The fourth-order valence-electron chi connectivity index (χ4n) is 1.26. The van der Waals surface area contributed by atoms with Gasteiger partial charge in [-0.3, -0.25) is 9.59 Å². The van der Waals surface area contributed by atoms with Crippen molar-refractivity contribution in [2.24, 2.45) is 0 Å². The molecule has 0 unspecified atom stereocenters. The van der Waals surface area contributed by atoms with E-state index in [0.717, 1.165) is 0 Å². The normalized spacial score (nSPS) is 10.8. The van der Waals surface area contributed by atoms with Crippen LogP contribution in [0.15, 0.2) is 18.3 Å². The van der Waals surface area contributed by atoms with Crippen molar-refractivity contribution in [2.75, 3.05) is 12.3 Å². The van der Waals surface area contributed by atoms with Crippen LogP contribution in [-0.2, 0) is 4.79 Å². The maximum Gasteiger partial charge on any atom is 0.253 e. The van der Waals surface area contributed by atoms with Gasteiger partial charge >= 0.3 is 0 Å². The summed E-state index contributed by atoms with van der Waals surface area (Å²) in [5, 5.41) is 5.25. The fourth-order valence-corrected chi connectivity index (χ4v) is 1.26. The third-order valence-corrected chi connectivity index (χ3v) is 1.97. The van der Waals surface area contributed by atoms with Gasteiger partial charge < -0.3 is 16.4 Å². The minimum atomic E-state index is -0.355. The van der Waals surface area contributed by atoms with E-state index in [2.05, 4.69) is 15.6 Å². The van der Waals surface area contributed by atoms with Crippen LogP contribution in [0.1, 0.15) is 31.1 Å². The summed E-state index contributed by atoms with van der Waals surface area (Å²) in [4.78, 5) is 26.9. The standard InChI is InChI=1S/C12H18N4O2/c1-12(2,3)16-10(17)7-15-11(18)8-4-5-9(13)14-6-8/h4-6H,7H2,1-3H3,(H2,13,14)(H,15,18)(H,16,17). The first-order valence-corrected chi connectivity index (χ1v) is 5.59. The van der Waals surface area contributed by atoms with E-state index in [4.69, 9.17) is 5.73 Å². The molecule has 0 radical (unpaired) electrons. The SMILES string of the molecule is CC(C)(C)NC(=O)CNC(=O)c1ccc(N)nc1. The van der Waals surface area contributed by atoms with Crippen molar-refractivity contribution in [3.8, 4) is 0 Å². The van der Waals surface area contributed by atoms with Crippen LogP contribution in [0.4, 0.5) is 5.82 Å². The Balaban J connectivity index is 2.47. The molecule has 0 aromatic carbocycles. The lowest BCUT2D eigenvalue weighted by atomic mass is 10.1. The van der Waals surface area contributed by atoms with Gasteiger partial charge in [0.1, 0.15) is 5.82 Å². The van der Waals surface area contributed by atoms with Crippen LogP contribution in [0.3, 0.4) is 0 Å². The van der Waals surface area contributed by atoms with Crippen molar-refractivity contribution in [3.63, 3.8) is 0 Å². The number of anilines is 1. The Labute approximate surface area is 106 Å². The molecule has 0 spiro atoms. The Morgan fingerprint density at radius 2 is 2.00 bits per heavy atom. The van der Waals surface area contributed by atoms with Crippen LogP contribution < -0.4 is 16.4 Å². The van der Waals surface area contributed by atoms with Crippen molar-refractivity contribution in [1.29, 1.82) is 0 Å². The summed E-state index contributed by atoms with van der Waals surface area (Å²) >= 11 is 0. The summed E-state index contributed by atoms with van der Waals surface area (Å²) < 4.78 is 0. The summed E-state index contributed by atoms with van der Waals surface area (Å²) in [5.41, 5.74) is 5.46. The summed E-state index contributed by atoms with van der Waals surface area (Å²) in [6.07, 6.45) is 1.37. The Hall–Kier alpha value is -2.11. The van der Waals surface area contributed by atoms with Crippen LogP contribution in [0.5, 0.6) is 0 Å². The van der Waals surface area contributed by atoms with E-state index in [0.29, 0.717) is 11.4 Å². The maximum atomic E-state index is 11.7. The number of pyridine rings is 1. The Bertz CT molecular complexity index is 434. The molecule has 0 bridgehead atoms. The van der Waals surface area contributed by atoms with Gasteiger partial charge in [-0.2, -0.15) is 0 Å². The highest BCUT2D eigenvalue weighted by Gasteiger charge is 2.14. The monoisotopic (exact) mass is 250 g/mol. The Kier molecular flexibility index (Phi) is 4.25. The number of nitrogens with one attached hydrogen (secondary N) is 2. The minimum Gasteiger partial charge on any atom is -0.384 e. The average molecular weight is 250 g/mol. The van der Waals surface area contributed by atoms with E-state index in [9.17, 15) is 9.59 Å². The number of hydrogen-bond donors (Lipinski definition) is 3. The third-order valence-electron chi connectivity index (χ3n) is 1.97. The van der Waals surface area contributed by atoms with Gasteiger partial charge in [-0.15, -0.1) is 0 Å². The molecule has 0 saturated carbocycles. The maximum absolute atomic E-state index is 11.7. The van der Waals surface area contributed by atoms with Crippen molar-refractivity contribution in [3.05, 3.63) is 23.9 Å². The van der Waals surface area contributed by atoms with Crippen LogP contribution in [0.25, 0.3) is 0 Å². The summed E-state index contributed by atoms with van der Waals surface area (Å²) in [6, 6.07) is 3.09. The van der Waals surface area contributed by atoms with Gasteiger partial charge in [0.25, 0.3) is 5.91 Å². The molecule has 1 aromatic rings. The van der Waals surface area contributed by atoms with Crippen LogP contribution in [0, 0.1) is 0 Å². The first-order chi connectivity index (χ1) is 8.28. The molecule has 6 nitrogen and oxygen atoms in total. The Morgan fingerprint density at radius 3 is 2.50 bits per heavy atom. The number of hydrogen-bond acceptors (Lipinski definition) is 4. The number of nitrogen functional groups attached to an aromatic ring is 1. The van der Waals surface area contributed by atoms with E-state index >= 15 is 0 Å². The lowest BCUT2D eigenvalue weighted by molar-refractivity contribution is -0.121.